The van der Waals surface area contributed by atoms with Crippen molar-refractivity contribution in [2.75, 3.05) is 11.9 Å². The summed E-state index contributed by atoms with van der Waals surface area (Å²) >= 11 is 0. The smallest absolute Gasteiger partial charge is 0.0992 e. The van der Waals surface area contributed by atoms with Crippen molar-refractivity contribution in [3.8, 4) is 6.07 Å². The molecule has 0 radical (unpaired) electrons. The fourth-order valence-corrected chi connectivity index (χ4v) is 1.45. The number of anilines is 1. The van der Waals surface area contributed by atoms with Gasteiger partial charge in [-0.15, -0.1) is 0 Å². The lowest BCUT2D eigenvalue weighted by molar-refractivity contribution is 0.266. The lowest BCUT2D eigenvalue weighted by atomic mass is 10.2. The zero-order valence-electron chi connectivity index (χ0n) is 7.83. The zero-order chi connectivity index (χ0) is 10.0. The molecule has 0 spiro atoms. The van der Waals surface area contributed by atoms with E-state index in [-0.39, 0.29) is 12.1 Å². The maximum Gasteiger partial charge on any atom is 0.0992 e. The van der Waals surface area contributed by atoms with Crippen LogP contribution in [0.25, 0.3) is 0 Å². The molecule has 0 aromatic heterocycles. The third-order valence-electron chi connectivity index (χ3n) is 2.56. The van der Waals surface area contributed by atoms with E-state index in [0.29, 0.717) is 5.56 Å². The topological polar surface area (TPSA) is 56.0 Å². The third kappa shape index (κ3) is 1.70. The van der Waals surface area contributed by atoms with E-state index in [0.717, 1.165) is 18.5 Å². The van der Waals surface area contributed by atoms with Crippen LogP contribution in [0.15, 0.2) is 24.3 Å². The monoisotopic (exact) mass is 188 g/mol. The van der Waals surface area contributed by atoms with Gasteiger partial charge in [0.2, 0.25) is 0 Å². The van der Waals surface area contributed by atoms with Gasteiger partial charge in [0, 0.05) is 5.69 Å². The van der Waals surface area contributed by atoms with E-state index in [9.17, 15) is 0 Å². The van der Waals surface area contributed by atoms with E-state index in [1.165, 1.54) is 0 Å². The molecule has 1 aromatic carbocycles. The predicted octanol–water partition coefficient (Wildman–Crippen LogP) is 1.50. The summed E-state index contributed by atoms with van der Waals surface area (Å²) in [6.45, 7) is 0.157. The van der Waals surface area contributed by atoms with Crippen LogP contribution < -0.4 is 5.32 Å². The molecule has 2 N–H and O–H groups in total. The highest BCUT2D eigenvalue weighted by Crippen LogP contribution is 2.38. The molecule has 1 aliphatic carbocycles. The van der Waals surface area contributed by atoms with Crippen LogP contribution in [-0.2, 0) is 0 Å². The number of nitriles is 1. The Labute approximate surface area is 83.0 Å². The molecule has 0 saturated heterocycles. The fraction of sp³-hybridized carbons (Fsp3) is 0.364. The molecule has 1 saturated carbocycles. The molecule has 0 unspecified atom stereocenters. The number of nitrogens with zero attached hydrogens (tertiary/aromatic N) is 1. The Bertz CT molecular complexity index is 377. The van der Waals surface area contributed by atoms with Gasteiger partial charge in [-0.1, -0.05) is 6.07 Å². The Balaban J connectivity index is 2.14. The molecule has 0 atom stereocenters. The second-order valence-corrected chi connectivity index (χ2v) is 3.76. The van der Waals surface area contributed by atoms with Crippen LogP contribution >= 0.6 is 0 Å². The summed E-state index contributed by atoms with van der Waals surface area (Å²) in [4.78, 5) is 0. The predicted molar refractivity (Wildman–Crippen MR) is 53.8 cm³/mol. The van der Waals surface area contributed by atoms with Crippen LogP contribution in [-0.4, -0.2) is 17.3 Å². The average molecular weight is 188 g/mol. The lowest BCUT2D eigenvalue weighted by Crippen LogP contribution is -2.25. The maximum atomic E-state index is 9.12. The highest BCUT2D eigenvalue weighted by molar-refractivity contribution is 5.52. The van der Waals surface area contributed by atoms with Crippen LogP contribution in [0.1, 0.15) is 18.4 Å². The first-order valence-electron chi connectivity index (χ1n) is 4.67. The van der Waals surface area contributed by atoms with Gasteiger partial charge >= 0.3 is 0 Å². The number of nitrogens with one attached hydrogen (secondary N) is 1. The van der Waals surface area contributed by atoms with E-state index < -0.39 is 0 Å². The molecule has 0 heterocycles. The molecule has 0 amide bonds. The molecule has 0 aliphatic heterocycles. The first kappa shape index (κ1) is 9.04. The molecule has 72 valence electrons. The van der Waals surface area contributed by atoms with E-state index in [4.69, 9.17) is 10.4 Å². The lowest BCUT2D eigenvalue weighted by Gasteiger charge is -2.15. The summed E-state index contributed by atoms with van der Waals surface area (Å²) in [6, 6.07) is 9.41. The highest BCUT2D eigenvalue weighted by Gasteiger charge is 2.41. The number of aliphatic hydroxyl groups is 1. The quantitative estimate of drug-likeness (QED) is 0.755. The molecule has 14 heavy (non-hydrogen) atoms. The third-order valence-corrected chi connectivity index (χ3v) is 2.56. The van der Waals surface area contributed by atoms with Crippen molar-refractivity contribution >= 4 is 5.69 Å². The Morgan fingerprint density at radius 3 is 2.86 bits per heavy atom. The second kappa shape index (κ2) is 3.32. The van der Waals surface area contributed by atoms with Crippen LogP contribution in [0, 0.1) is 11.3 Å². The van der Waals surface area contributed by atoms with Gasteiger partial charge in [-0.3, -0.25) is 0 Å². The number of benzene rings is 1. The molecule has 1 fully saturated rings. The van der Waals surface area contributed by atoms with Gasteiger partial charge in [0.05, 0.1) is 23.8 Å². The van der Waals surface area contributed by atoms with Gasteiger partial charge < -0.3 is 10.4 Å². The molecule has 3 nitrogen and oxygen atoms in total. The molecular formula is C11H12N2O. The largest absolute Gasteiger partial charge is 0.394 e. The minimum Gasteiger partial charge on any atom is -0.394 e. The molecule has 0 bridgehead atoms. The van der Waals surface area contributed by atoms with Gasteiger partial charge in [-0.25, -0.2) is 0 Å². The molecule has 1 aliphatic rings. The summed E-state index contributed by atoms with van der Waals surface area (Å²) in [5, 5.41) is 21.1. The van der Waals surface area contributed by atoms with Gasteiger partial charge in [0.15, 0.2) is 0 Å². The Hall–Kier alpha value is -1.53. The van der Waals surface area contributed by atoms with Crippen molar-refractivity contribution in [1.29, 1.82) is 5.26 Å². The minimum atomic E-state index is -0.117. The van der Waals surface area contributed by atoms with E-state index >= 15 is 0 Å². The van der Waals surface area contributed by atoms with E-state index in [2.05, 4.69) is 11.4 Å². The normalized spacial score (nSPS) is 17.1. The van der Waals surface area contributed by atoms with Crippen molar-refractivity contribution in [3.05, 3.63) is 29.8 Å². The number of hydrogen-bond donors (Lipinski definition) is 2. The van der Waals surface area contributed by atoms with Gasteiger partial charge in [-0.05, 0) is 31.0 Å². The van der Waals surface area contributed by atoms with Gasteiger partial charge in [-0.2, -0.15) is 5.26 Å². The molecule has 3 heteroatoms. The second-order valence-electron chi connectivity index (χ2n) is 3.76. The number of rotatable bonds is 3. The SMILES string of the molecule is N#Cc1cccc(NC2(CO)CC2)c1. The zero-order valence-corrected chi connectivity index (χ0v) is 7.83. The number of hydrogen-bond acceptors (Lipinski definition) is 3. The summed E-state index contributed by atoms with van der Waals surface area (Å²) in [5.74, 6) is 0. The molecular weight excluding hydrogens is 176 g/mol. The summed E-state index contributed by atoms with van der Waals surface area (Å²) in [5.41, 5.74) is 1.44. The average Bonchev–Trinajstić information content (AvgIpc) is 2.99. The van der Waals surface area contributed by atoms with Gasteiger partial charge in [0.25, 0.3) is 0 Å². The Morgan fingerprint density at radius 1 is 1.50 bits per heavy atom. The highest BCUT2D eigenvalue weighted by atomic mass is 16.3. The fourth-order valence-electron chi connectivity index (χ4n) is 1.45. The van der Waals surface area contributed by atoms with Crippen molar-refractivity contribution in [1.82, 2.24) is 0 Å². The summed E-state index contributed by atoms with van der Waals surface area (Å²) in [7, 11) is 0. The van der Waals surface area contributed by atoms with Crippen molar-refractivity contribution in [2.45, 2.75) is 18.4 Å². The van der Waals surface area contributed by atoms with E-state index in [1.54, 1.807) is 12.1 Å². The number of aliphatic hydroxyl groups excluding tert-OH is 1. The molecule has 1 aromatic rings. The van der Waals surface area contributed by atoms with Gasteiger partial charge in [0.1, 0.15) is 0 Å². The first-order chi connectivity index (χ1) is 6.78. The Morgan fingerprint density at radius 2 is 2.29 bits per heavy atom. The Kier molecular flexibility index (Phi) is 2.14. The van der Waals surface area contributed by atoms with Crippen molar-refractivity contribution < 1.29 is 5.11 Å². The van der Waals surface area contributed by atoms with Crippen molar-refractivity contribution in [2.24, 2.45) is 0 Å². The summed E-state index contributed by atoms with van der Waals surface area (Å²) in [6.07, 6.45) is 2.00. The standard InChI is InChI=1S/C11H12N2O/c12-7-9-2-1-3-10(6-9)13-11(8-14)4-5-11/h1-3,6,13-14H,4-5,8H2. The van der Waals surface area contributed by atoms with Crippen LogP contribution in [0.4, 0.5) is 5.69 Å². The van der Waals surface area contributed by atoms with E-state index in [1.807, 2.05) is 12.1 Å². The van der Waals surface area contributed by atoms with Crippen LogP contribution in [0.5, 0.6) is 0 Å². The minimum absolute atomic E-state index is 0.117. The van der Waals surface area contributed by atoms with Crippen LogP contribution in [0.3, 0.4) is 0 Å². The van der Waals surface area contributed by atoms with Crippen molar-refractivity contribution in [3.63, 3.8) is 0 Å². The first-order valence-corrected chi connectivity index (χ1v) is 4.67. The summed E-state index contributed by atoms with van der Waals surface area (Å²) < 4.78 is 0. The molecule has 2 rings (SSSR count). The van der Waals surface area contributed by atoms with Crippen LogP contribution in [0.2, 0.25) is 0 Å². The maximum absolute atomic E-state index is 9.12.